The van der Waals surface area contributed by atoms with Crippen molar-refractivity contribution in [3.8, 4) is 0 Å². The fraction of sp³-hybridized carbons (Fsp3) is 0.846. The van der Waals surface area contributed by atoms with E-state index in [4.69, 9.17) is 4.84 Å². The van der Waals surface area contributed by atoms with Crippen molar-refractivity contribution in [2.45, 2.75) is 51.2 Å². The Morgan fingerprint density at radius 1 is 1.38 bits per heavy atom. The number of hydrogen-bond donors (Lipinski definition) is 1. The molecule has 0 amide bonds. The molecule has 0 bridgehead atoms. The maximum absolute atomic E-state index is 9.80. The topological polar surface area (TPSA) is 32.7 Å². The van der Waals surface area contributed by atoms with Crippen molar-refractivity contribution in [1.29, 1.82) is 0 Å². The van der Waals surface area contributed by atoms with Gasteiger partial charge in [0.2, 0.25) is 0 Å². The van der Waals surface area contributed by atoms with E-state index in [-0.39, 0.29) is 6.10 Å². The van der Waals surface area contributed by atoms with Gasteiger partial charge < -0.3 is 5.11 Å². The van der Waals surface area contributed by atoms with Crippen LogP contribution in [0, 0.1) is 5.92 Å². The van der Waals surface area contributed by atoms with Crippen molar-refractivity contribution in [1.82, 2.24) is 5.06 Å². The Morgan fingerprint density at radius 2 is 2.19 bits per heavy atom. The molecule has 3 unspecified atom stereocenters. The lowest BCUT2D eigenvalue weighted by atomic mass is 9.79. The normalized spacial score (nSPS) is 37.2. The molecule has 2 fully saturated rings. The molecule has 2 rings (SSSR count). The van der Waals surface area contributed by atoms with Crippen LogP contribution in [0.3, 0.4) is 0 Å². The molecule has 1 aliphatic heterocycles. The predicted molar refractivity (Wildman–Crippen MR) is 63.8 cm³/mol. The molecule has 1 heterocycles. The van der Waals surface area contributed by atoms with Crippen molar-refractivity contribution >= 4 is 0 Å². The molecule has 1 aliphatic carbocycles. The molecule has 3 heteroatoms. The molecule has 1 saturated carbocycles. The second kappa shape index (κ2) is 5.30. The maximum atomic E-state index is 9.80. The van der Waals surface area contributed by atoms with Crippen LogP contribution in [-0.2, 0) is 4.84 Å². The summed E-state index contributed by atoms with van der Waals surface area (Å²) in [4.78, 5) is 5.73. The summed E-state index contributed by atoms with van der Waals surface area (Å²) in [6.07, 6.45) is 4.98. The van der Waals surface area contributed by atoms with Crippen LogP contribution in [0.4, 0.5) is 0 Å². The highest BCUT2D eigenvalue weighted by atomic mass is 16.7. The van der Waals surface area contributed by atoms with Crippen LogP contribution in [0.25, 0.3) is 0 Å². The molecule has 3 atom stereocenters. The molecule has 1 saturated heterocycles. The average molecular weight is 225 g/mol. The summed E-state index contributed by atoms with van der Waals surface area (Å²) < 4.78 is 0. The predicted octanol–water partition coefficient (Wildman–Crippen LogP) is 2.12. The monoisotopic (exact) mass is 225 g/mol. The van der Waals surface area contributed by atoms with Crippen molar-refractivity contribution in [3.63, 3.8) is 0 Å². The van der Waals surface area contributed by atoms with Crippen molar-refractivity contribution in [2.24, 2.45) is 5.92 Å². The number of aliphatic hydroxyl groups is 1. The first kappa shape index (κ1) is 12.1. The molecule has 0 spiro atoms. The molecule has 0 aromatic heterocycles. The summed E-state index contributed by atoms with van der Waals surface area (Å²) >= 11 is 0. The Labute approximate surface area is 98.0 Å². The van der Waals surface area contributed by atoms with E-state index in [0.717, 1.165) is 38.8 Å². The van der Waals surface area contributed by atoms with Crippen molar-refractivity contribution < 1.29 is 9.94 Å². The zero-order valence-corrected chi connectivity index (χ0v) is 10.2. The Kier molecular flexibility index (Phi) is 4.00. The first-order chi connectivity index (χ1) is 7.68. The molecule has 0 radical (unpaired) electrons. The van der Waals surface area contributed by atoms with E-state index in [1.807, 2.05) is 0 Å². The quantitative estimate of drug-likeness (QED) is 0.731. The summed E-state index contributed by atoms with van der Waals surface area (Å²) in [5.74, 6) is 0.487. The lowest BCUT2D eigenvalue weighted by Gasteiger charge is -2.42. The lowest BCUT2D eigenvalue weighted by molar-refractivity contribution is -0.223. The average Bonchev–Trinajstić information content (AvgIpc) is 2.29. The highest BCUT2D eigenvalue weighted by molar-refractivity contribution is 5.04. The van der Waals surface area contributed by atoms with Gasteiger partial charge in [0.05, 0.1) is 12.7 Å². The summed E-state index contributed by atoms with van der Waals surface area (Å²) in [6.45, 7) is 8.01. The van der Waals surface area contributed by atoms with Gasteiger partial charge in [-0.05, 0) is 44.9 Å². The van der Waals surface area contributed by atoms with Gasteiger partial charge in [0.15, 0.2) is 0 Å². The van der Waals surface area contributed by atoms with Crippen LogP contribution in [-0.4, -0.2) is 35.5 Å². The van der Waals surface area contributed by atoms with E-state index in [9.17, 15) is 5.11 Å². The van der Waals surface area contributed by atoms with Gasteiger partial charge in [-0.25, -0.2) is 0 Å². The number of hydrogen-bond acceptors (Lipinski definition) is 3. The van der Waals surface area contributed by atoms with Gasteiger partial charge in [-0.15, -0.1) is 0 Å². The van der Waals surface area contributed by atoms with Crippen molar-refractivity contribution in [3.05, 3.63) is 12.2 Å². The minimum atomic E-state index is -0.161. The van der Waals surface area contributed by atoms with Gasteiger partial charge in [0, 0.05) is 12.6 Å². The molecule has 16 heavy (non-hydrogen) atoms. The van der Waals surface area contributed by atoms with Crippen LogP contribution < -0.4 is 0 Å². The van der Waals surface area contributed by atoms with Crippen LogP contribution in [0.2, 0.25) is 0 Å². The molecular formula is C13H23NO2. The first-order valence-electron chi connectivity index (χ1n) is 6.41. The van der Waals surface area contributed by atoms with Gasteiger partial charge in [0.25, 0.3) is 0 Å². The number of nitrogens with zero attached hydrogens (tertiary/aromatic N) is 1. The van der Waals surface area contributed by atoms with Gasteiger partial charge in [0.1, 0.15) is 0 Å². The summed E-state index contributed by atoms with van der Waals surface area (Å²) in [5, 5.41) is 11.9. The SMILES string of the molecule is C=C(C)C1CCC(O)CC1N1CCCCO1. The lowest BCUT2D eigenvalue weighted by Crippen LogP contribution is -2.47. The number of rotatable bonds is 2. The smallest absolute Gasteiger partial charge is 0.0685 e. The standard InChI is InChI=1S/C13H23NO2/c1-10(2)12-6-5-11(15)9-13(12)14-7-3-4-8-16-14/h11-13,15H,1,3-9H2,2H3. The molecule has 3 nitrogen and oxygen atoms in total. The summed E-state index contributed by atoms with van der Waals surface area (Å²) in [5.41, 5.74) is 1.23. The Hall–Kier alpha value is -0.380. The van der Waals surface area contributed by atoms with Gasteiger partial charge in [-0.1, -0.05) is 12.2 Å². The highest BCUT2D eigenvalue weighted by Crippen LogP contribution is 2.34. The Balaban J connectivity index is 2.03. The summed E-state index contributed by atoms with van der Waals surface area (Å²) in [6, 6.07) is 0.335. The van der Waals surface area contributed by atoms with E-state index in [0.29, 0.717) is 12.0 Å². The highest BCUT2D eigenvalue weighted by Gasteiger charge is 2.35. The Morgan fingerprint density at radius 3 is 2.81 bits per heavy atom. The largest absolute Gasteiger partial charge is 0.393 e. The first-order valence-corrected chi connectivity index (χ1v) is 6.41. The Bertz CT molecular complexity index is 248. The second-order valence-electron chi connectivity index (χ2n) is 5.17. The second-order valence-corrected chi connectivity index (χ2v) is 5.17. The molecule has 0 aromatic carbocycles. The number of hydroxylamine groups is 2. The van der Waals surface area contributed by atoms with Gasteiger partial charge in [-0.2, -0.15) is 5.06 Å². The summed E-state index contributed by atoms with van der Waals surface area (Å²) in [7, 11) is 0. The number of aliphatic hydroxyl groups excluding tert-OH is 1. The van der Waals surface area contributed by atoms with E-state index in [1.54, 1.807) is 0 Å². The van der Waals surface area contributed by atoms with Crippen LogP contribution in [0.5, 0.6) is 0 Å². The third-order valence-corrected chi connectivity index (χ3v) is 3.82. The van der Waals surface area contributed by atoms with E-state index in [1.165, 1.54) is 12.0 Å². The fourth-order valence-electron chi connectivity index (χ4n) is 2.90. The van der Waals surface area contributed by atoms with Gasteiger partial charge >= 0.3 is 0 Å². The van der Waals surface area contributed by atoms with E-state index in [2.05, 4.69) is 18.6 Å². The van der Waals surface area contributed by atoms with Crippen LogP contribution in [0.15, 0.2) is 12.2 Å². The van der Waals surface area contributed by atoms with Crippen LogP contribution in [0.1, 0.15) is 39.0 Å². The minimum absolute atomic E-state index is 0.161. The molecule has 1 N–H and O–H groups in total. The minimum Gasteiger partial charge on any atom is -0.393 e. The third kappa shape index (κ3) is 2.65. The van der Waals surface area contributed by atoms with Crippen LogP contribution >= 0.6 is 0 Å². The third-order valence-electron chi connectivity index (χ3n) is 3.82. The maximum Gasteiger partial charge on any atom is 0.0685 e. The zero-order chi connectivity index (χ0) is 11.5. The zero-order valence-electron chi connectivity index (χ0n) is 10.2. The van der Waals surface area contributed by atoms with Gasteiger partial charge in [-0.3, -0.25) is 4.84 Å². The van der Waals surface area contributed by atoms with E-state index >= 15 is 0 Å². The molecule has 92 valence electrons. The van der Waals surface area contributed by atoms with Crippen molar-refractivity contribution in [2.75, 3.05) is 13.2 Å². The molecule has 0 aromatic rings. The molecular weight excluding hydrogens is 202 g/mol. The van der Waals surface area contributed by atoms with E-state index < -0.39 is 0 Å². The fourth-order valence-corrected chi connectivity index (χ4v) is 2.90. The molecule has 2 aliphatic rings.